The molecule has 0 aliphatic carbocycles. The van der Waals surface area contributed by atoms with Crippen molar-refractivity contribution in [3.8, 4) is 0 Å². The van der Waals surface area contributed by atoms with E-state index < -0.39 is 10.0 Å². The van der Waals surface area contributed by atoms with Crippen molar-refractivity contribution in [1.82, 2.24) is 4.98 Å². The number of nitrogens with zero attached hydrogens (tertiary/aromatic N) is 1. The predicted octanol–water partition coefficient (Wildman–Crippen LogP) is 2.61. The summed E-state index contributed by atoms with van der Waals surface area (Å²) < 4.78 is 26.8. The third-order valence-electron chi connectivity index (χ3n) is 3.02. The van der Waals surface area contributed by atoms with Gasteiger partial charge in [0.2, 0.25) is 10.0 Å². The molecule has 0 spiro atoms. The third-order valence-corrected chi connectivity index (χ3v) is 4.62. The molecule has 0 atom stereocenters. The van der Waals surface area contributed by atoms with Crippen molar-refractivity contribution in [2.24, 2.45) is 0 Å². The normalized spacial score (nSPS) is 11.3. The zero-order chi connectivity index (χ0) is 15.5. The van der Waals surface area contributed by atoms with Crippen LogP contribution in [-0.4, -0.2) is 19.2 Å². The molecule has 0 aliphatic heterocycles. The molecule has 2 aromatic rings. The number of nitrogens with two attached hydrogens (primary N) is 1. The Kier molecular flexibility index (Phi) is 4.69. The van der Waals surface area contributed by atoms with Crippen molar-refractivity contribution in [3.63, 3.8) is 0 Å². The van der Waals surface area contributed by atoms with Crippen LogP contribution >= 0.6 is 11.6 Å². The Morgan fingerprint density at radius 3 is 2.62 bits per heavy atom. The largest absolute Gasteiger partial charge is 0.398 e. The van der Waals surface area contributed by atoms with Gasteiger partial charge in [0.1, 0.15) is 0 Å². The van der Waals surface area contributed by atoms with Crippen LogP contribution in [0.1, 0.15) is 11.1 Å². The van der Waals surface area contributed by atoms with Crippen LogP contribution in [0.5, 0.6) is 0 Å². The second-order valence-corrected chi connectivity index (χ2v) is 6.96. The molecule has 0 saturated carbocycles. The Balaban J connectivity index is 2.09. The lowest BCUT2D eigenvalue weighted by molar-refractivity contribution is 0.600. The Hall–Kier alpha value is -1.79. The van der Waals surface area contributed by atoms with Crippen LogP contribution in [0.3, 0.4) is 0 Å². The van der Waals surface area contributed by atoms with Gasteiger partial charge in [0.05, 0.1) is 22.2 Å². The van der Waals surface area contributed by atoms with Crippen LogP contribution in [0.25, 0.3) is 0 Å². The van der Waals surface area contributed by atoms with E-state index in [0.29, 0.717) is 22.8 Å². The van der Waals surface area contributed by atoms with E-state index in [4.69, 9.17) is 17.3 Å². The van der Waals surface area contributed by atoms with Gasteiger partial charge in [-0.05, 0) is 48.7 Å². The molecule has 2 rings (SSSR count). The minimum atomic E-state index is -3.45. The van der Waals surface area contributed by atoms with Crippen LogP contribution in [0.2, 0.25) is 5.02 Å². The Bertz CT molecular complexity index is 733. The smallest absolute Gasteiger partial charge is 0.233 e. The number of halogens is 1. The molecule has 7 heteroatoms. The van der Waals surface area contributed by atoms with E-state index in [1.807, 2.05) is 0 Å². The first-order valence-electron chi connectivity index (χ1n) is 6.32. The lowest BCUT2D eigenvalue weighted by atomic mass is 10.2. The molecule has 0 saturated heterocycles. The SMILES string of the molecule is Cc1cc(N)c(Cl)cc1NS(=O)(=O)CCc1ccncc1. The molecule has 1 aromatic heterocycles. The fourth-order valence-corrected chi connectivity index (χ4v) is 3.16. The van der Waals surface area contributed by atoms with Gasteiger partial charge in [-0.3, -0.25) is 9.71 Å². The number of rotatable bonds is 5. The molecular formula is C14H16ClN3O2S. The molecule has 0 radical (unpaired) electrons. The molecule has 1 heterocycles. The van der Waals surface area contributed by atoms with Gasteiger partial charge in [0.15, 0.2) is 0 Å². The average Bonchev–Trinajstić information content (AvgIpc) is 2.44. The summed E-state index contributed by atoms with van der Waals surface area (Å²) in [5.74, 6) is -0.0154. The minimum Gasteiger partial charge on any atom is -0.398 e. The summed E-state index contributed by atoms with van der Waals surface area (Å²) in [6, 6.07) is 6.75. The maximum Gasteiger partial charge on any atom is 0.233 e. The molecule has 0 amide bonds. The summed E-state index contributed by atoms with van der Waals surface area (Å²) in [4.78, 5) is 3.90. The van der Waals surface area contributed by atoms with E-state index in [1.54, 1.807) is 37.5 Å². The number of nitrogens with one attached hydrogen (secondary N) is 1. The second kappa shape index (κ2) is 6.32. The average molecular weight is 326 g/mol. The topological polar surface area (TPSA) is 85.1 Å². The number of hydrogen-bond donors (Lipinski definition) is 2. The number of anilines is 2. The fraction of sp³-hybridized carbons (Fsp3) is 0.214. The number of pyridine rings is 1. The van der Waals surface area contributed by atoms with Crippen LogP contribution in [-0.2, 0) is 16.4 Å². The zero-order valence-corrected chi connectivity index (χ0v) is 13.1. The summed E-state index contributed by atoms with van der Waals surface area (Å²) >= 11 is 5.92. The number of aromatic nitrogens is 1. The van der Waals surface area contributed by atoms with Gasteiger partial charge in [0, 0.05) is 12.4 Å². The number of aryl methyl sites for hydroxylation is 2. The molecule has 21 heavy (non-hydrogen) atoms. The lowest BCUT2D eigenvalue weighted by Crippen LogP contribution is -2.19. The molecule has 0 aliphatic rings. The summed E-state index contributed by atoms with van der Waals surface area (Å²) in [6.07, 6.45) is 3.69. The Labute approximate surface area is 129 Å². The van der Waals surface area contributed by atoms with E-state index >= 15 is 0 Å². The molecule has 5 nitrogen and oxygen atoms in total. The van der Waals surface area contributed by atoms with Crippen molar-refractivity contribution in [3.05, 3.63) is 52.8 Å². The maximum absolute atomic E-state index is 12.1. The highest BCUT2D eigenvalue weighted by Gasteiger charge is 2.13. The van der Waals surface area contributed by atoms with Crippen LogP contribution < -0.4 is 10.5 Å². The van der Waals surface area contributed by atoms with E-state index in [1.165, 1.54) is 6.07 Å². The highest BCUT2D eigenvalue weighted by molar-refractivity contribution is 7.92. The monoisotopic (exact) mass is 325 g/mol. The van der Waals surface area contributed by atoms with Crippen molar-refractivity contribution in [2.75, 3.05) is 16.2 Å². The highest BCUT2D eigenvalue weighted by Crippen LogP contribution is 2.27. The van der Waals surface area contributed by atoms with Gasteiger partial charge >= 0.3 is 0 Å². The molecular weight excluding hydrogens is 310 g/mol. The highest BCUT2D eigenvalue weighted by atomic mass is 35.5. The van der Waals surface area contributed by atoms with Gasteiger partial charge < -0.3 is 5.73 Å². The molecule has 0 unspecified atom stereocenters. The molecule has 0 bridgehead atoms. The third kappa shape index (κ3) is 4.34. The van der Waals surface area contributed by atoms with E-state index in [-0.39, 0.29) is 5.75 Å². The molecule has 3 N–H and O–H groups in total. The van der Waals surface area contributed by atoms with Crippen LogP contribution in [0.15, 0.2) is 36.7 Å². The quantitative estimate of drug-likeness (QED) is 0.827. The van der Waals surface area contributed by atoms with E-state index in [0.717, 1.165) is 11.1 Å². The van der Waals surface area contributed by atoms with Crippen LogP contribution in [0.4, 0.5) is 11.4 Å². The first kappa shape index (κ1) is 15.6. The first-order chi connectivity index (χ1) is 9.87. The summed E-state index contributed by atoms with van der Waals surface area (Å²) in [5, 5.41) is 0.326. The van der Waals surface area contributed by atoms with Gasteiger partial charge in [0.25, 0.3) is 0 Å². The molecule has 0 fully saturated rings. The van der Waals surface area contributed by atoms with E-state index in [9.17, 15) is 8.42 Å². The van der Waals surface area contributed by atoms with Gasteiger partial charge in [-0.1, -0.05) is 11.6 Å². The number of benzene rings is 1. The van der Waals surface area contributed by atoms with Gasteiger partial charge in [-0.2, -0.15) is 0 Å². The number of sulfonamides is 1. The minimum absolute atomic E-state index is 0.0154. The fourth-order valence-electron chi connectivity index (χ4n) is 1.83. The predicted molar refractivity (Wildman–Crippen MR) is 86.0 cm³/mol. The van der Waals surface area contributed by atoms with Crippen molar-refractivity contribution >= 4 is 33.0 Å². The lowest BCUT2D eigenvalue weighted by Gasteiger charge is -2.12. The van der Waals surface area contributed by atoms with E-state index in [2.05, 4.69) is 9.71 Å². The molecule has 112 valence electrons. The Morgan fingerprint density at radius 2 is 1.95 bits per heavy atom. The first-order valence-corrected chi connectivity index (χ1v) is 8.35. The Morgan fingerprint density at radius 1 is 1.29 bits per heavy atom. The van der Waals surface area contributed by atoms with Gasteiger partial charge in [-0.15, -0.1) is 0 Å². The standard InChI is InChI=1S/C14H16ClN3O2S/c1-10-8-13(16)12(15)9-14(10)18-21(19,20)7-4-11-2-5-17-6-3-11/h2-3,5-6,8-9,18H,4,7,16H2,1H3. The van der Waals surface area contributed by atoms with Crippen molar-refractivity contribution < 1.29 is 8.42 Å². The number of nitrogen functional groups attached to an aromatic ring is 1. The van der Waals surface area contributed by atoms with Crippen molar-refractivity contribution in [2.45, 2.75) is 13.3 Å². The summed E-state index contributed by atoms with van der Waals surface area (Å²) in [7, 11) is -3.45. The summed E-state index contributed by atoms with van der Waals surface area (Å²) in [6.45, 7) is 1.77. The second-order valence-electron chi connectivity index (χ2n) is 4.72. The van der Waals surface area contributed by atoms with Gasteiger partial charge in [-0.25, -0.2) is 8.42 Å². The molecule has 1 aromatic carbocycles. The zero-order valence-electron chi connectivity index (χ0n) is 11.5. The van der Waals surface area contributed by atoms with Crippen molar-refractivity contribution in [1.29, 1.82) is 0 Å². The van der Waals surface area contributed by atoms with Crippen LogP contribution in [0, 0.1) is 6.92 Å². The number of hydrogen-bond acceptors (Lipinski definition) is 4. The summed E-state index contributed by atoms with van der Waals surface area (Å²) in [5.41, 5.74) is 8.19. The maximum atomic E-state index is 12.1.